The van der Waals surface area contributed by atoms with Crippen LogP contribution >= 0.6 is 0 Å². The summed E-state index contributed by atoms with van der Waals surface area (Å²) in [6.07, 6.45) is -2.61. The van der Waals surface area contributed by atoms with Crippen molar-refractivity contribution in [3.05, 3.63) is 144 Å². The molecular formula is C38H44O6. The molecular weight excluding hydrogens is 552 g/mol. The summed E-state index contributed by atoms with van der Waals surface area (Å²) in [5.41, 5.74) is 4.29. The van der Waals surface area contributed by atoms with Crippen LogP contribution in [0.15, 0.2) is 121 Å². The summed E-state index contributed by atoms with van der Waals surface area (Å²) in [5, 5.41) is 0. The lowest BCUT2D eigenvalue weighted by atomic mass is 9.97. The van der Waals surface area contributed by atoms with Crippen molar-refractivity contribution in [1.82, 2.24) is 0 Å². The summed E-state index contributed by atoms with van der Waals surface area (Å²) in [6.45, 7) is 6.74. The number of rotatable bonds is 16. The molecule has 1 saturated heterocycles. The minimum atomic E-state index is -0.663. The van der Waals surface area contributed by atoms with Crippen molar-refractivity contribution in [3.8, 4) is 0 Å². The summed E-state index contributed by atoms with van der Waals surface area (Å²) in [5.74, 6) is 0.317. The number of hydrogen-bond acceptors (Lipinski definition) is 6. The minimum Gasteiger partial charge on any atom is -0.374 e. The standard InChI is InChI=1S/C38H44O6/c1-29(2)23-43-38-37(42-27-33-21-13-6-14-22-33)36(41-26-32-19-11-5-12-20-32)35(40-25-31-17-9-4-10-18-31)34(44-38)28-39-24-30-15-7-3-8-16-30/h3-22,29,34-38H,23-28H2,1-2H3/t34?,35-,36?,37?,38+/m0/s1. The second-order valence-electron chi connectivity index (χ2n) is 11.6. The van der Waals surface area contributed by atoms with E-state index in [1.807, 2.05) is 72.8 Å². The smallest absolute Gasteiger partial charge is 0.186 e. The van der Waals surface area contributed by atoms with E-state index in [0.717, 1.165) is 22.3 Å². The number of benzene rings is 4. The van der Waals surface area contributed by atoms with Crippen molar-refractivity contribution >= 4 is 0 Å². The minimum absolute atomic E-state index is 0.312. The molecule has 0 spiro atoms. The molecule has 5 rings (SSSR count). The maximum atomic E-state index is 6.74. The molecule has 4 aromatic carbocycles. The average Bonchev–Trinajstić information content (AvgIpc) is 3.07. The van der Waals surface area contributed by atoms with Crippen LogP contribution in [-0.2, 0) is 54.8 Å². The van der Waals surface area contributed by atoms with Gasteiger partial charge in [0.1, 0.15) is 24.4 Å². The van der Waals surface area contributed by atoms with Crippen LogP contribution in [0, 0.1) is 5.92 Å². The highest BCUT2D eigenvalue weighted by atomic mass is 16.7. The van der Waals surface area contributed by atoms with Crippen LogP contribution in [0.1, 0.15) is 36.1 Å². The van der Waals surface area contributed by atoms with Gasteiger partial charge in [-0.05, 0) is 28.2 Å². The lowest BCUT2D eigenvalue weighted by Crippen LogP contribution is -2.62. The Morgan fingerprint density at radius 2 is 0.909 bits per heavy atom. The summed E-state index contributed by atoms with van der Waals surface area (Å²) in [6, 6.07) is 40.6. The second kappa shape index (κ2) is 17.2. The molecule has 0 bridgehead atoms. The Balaban J connectivity index is 1.42. The van der Waals surface area contributed by atoms with Gasteiger partial charge in [-0.15, -0.1) is 0 Å². The van der Waals surface area contributed by atoms with Gasteiger partial charge in [-0.1, -0.05) is 135 Å². The van der Waals surface area contributed by atoms with Gasteiger partial charge in [0.25, 0.3) is 0 Å². The van der Waals surface area contributed by atoms with Gasteiger partial charge in [0, 0.05) is 0 Å². The third-order valence-corrected chi connectivity index (χ3v) is 7.43. The first-order valence-corrected chi connectivity index (χ1v) is 15.5. The SMILES string of the molecule is CC(C)CO[C@@H]1OC(COCc2ccccc2)[C@H](OCc2ccccc2)C(OCc2ccccc2)C1OCc1ccccc1. The van der Waals surface area contributed by atoms with Crippen LogP contribution in [0.2, 0.25) is 0 Å². The molecule has 0 aliphatic carbocycles. The number of ether oxygens (including phenoxy) is 6. The largest absolute Gasteiger partial charge is 0.374 e. The van der Waals surface area contributed by atoms with Crippen LogP contribution in [0.5, 0.6) is 0 Å². The van der Waals surface area contributed by atoms with Crippen molar-refractivity contribution in [3.63, 3.8) is 0 Å². The van der Waals surface area contributed by atoms with Gasteiger partial charge in [0.05, 0.1) is 39.6 Å². The van der Waals surface area contributed by atoms with Crippen LogP contribution in [-0.4, -0.2) is 43.9 Å². The molecule has 3 unspecified atom stereocenters. The number of hydrogen-bond donors (Lipinski definition) is 0. The van der Waals surface area contributed by atoms with Crippen LogP contribution in [0.4, 0.5) is 0 Å². The zero-order valence-electron chi connectivity index (χ0n) is 25.7. The van der Waals surface area contributed by atoms with E-state index >= 15 is 0 Å². The van der Waals surface area contributed by atoms with Crippen molar-refractivity contribution in [2.24, 2.45) is 5.92 Å². The lowest BCUT2D eigenvalue weighted by molar-refractivity contribution is -0.329. The van der Waals surface area contributed by atoms with Gasteiger partial charge in [0.15, 0.2) is 6.29 Å². The Morgan fingerprint density at radius 3 is 1.36 bits per heavy atom. The van der Waals surface area contributed by atoms with Crippen molar-refractivity contribution in [1.29, 1.82) is 0 Å². The quantitative estimate of drug-likeness (QED) is 0.135. The van der Waals surface area contributed by atoms with Crippen LogP contribution in [0.3, 0.4) is 0 Å². The molecule has 1 heterocycles. The maximum Gasteiger partial charge on any atom is 0.186 e. The van der Waals surface area contributed by atoms with Gasteiger partial charge >= 0.3 is 0 Å². The first-order valence-electron chi connectivity index (χ1n) is 15.5. The zero-order valence-corrected chi connectivity index (χ0v) is 25.7. The molecule has 232 valence electrons. The summed E-state index contributed by atoms with van der Waals surface area (Å²) < 4.78 is 39.3. The van der Waals surface area contributed by atoms with Gasteiger partial charge in [-0.25, -0.2) is 0 Å². The third kappa shape index (κ3) is 9.83. The van der Waals surface area contributed by atoms with E-state index in [1.54, 1.807) is 0 Å². The Morgan fingerprint density at radius 1 is 0.500 bits per heavy atom. The summed E-state index contributed by atoms with van der Waals surface area (Å²) >= 11 is 0. The third-order valence-electron chi connectivity index (χ3n) is 7.43. The molecule has 44 heavy (non-hydrogen) atoms. The lowest BCUT2D eigenvalue weighted by Gasteiger charge is -2.46. The van der Waals surface area contributed by atoms with Crippen molar-refractivity contribution < 1.29 is 28.4 Å². The van der Waals surface area contributed by atoms with E-state index in [0.29, 0.717) is 45.6 Å². The Bertz CT molecular complexity index is 1320. The van der Waals surface area contributed by atoms with Crippen molar-refractivity contribution in [2.45, 2.75) is 71.0 Å². The van der Waals surface area contributed by atoms with E-state index in [9.17, 15) is 0 Å². The molecule has 1 aliphatic rings. The van der Waals surface area contributed by atoms with E-state index in [-0.39, 0.29) is 0 Å². The van der Waals surface area contributed by atoms with E-state index in [1.165, 1.54) is 0 Å². The van der Waals surface area contributed by atoms with Crippen LogP contribution < -0.4 is 0 Å². The topological polar surface area (TPSA) is 55.4 Å². The summed E-state index contributed by atoms with van der Waals surface area (Å²) in [4.78, 5) is 0. The Hall–Kier alpha value is -3.36. The van der Waals surface area contributed by atoms with Gasteiger partial charge < -0.3 is 28.4 Å². The maximum absolute atomic E-state index is 6.74. The zero-order chi connectivity index (χ0) is 30.4. The fraction of sp³-hybridized carbons (Fsp3) is 0.368. The molecule has 0 saturated carbocycles. The van der Waals surface area contributed by atoms with Crippen molar-refractivity contribution in [2.75, 3.05) is 13.2 Å². The summed E-state index contributed by atoms with van der Waals surface area (Å²) in [7, 11) is 0. The molecule has 1 aliphatic heterocycles. The molecule has 5 atom stereocenters. The Labute approximate surface area is 261 Å². The normalized spacial score (nSPS) is 21.8. The Kier molecular flexibility index (Phi) is 12.5. The fourth-order valence-electron chi connectivity index (χ4n) is 5.17. The highest BCUT2D eigenvalue weighted by Crippen LogP contribution is 2.32. The highest BCUT2D eigenvalue weighted by Gasteiger charge is 2.49. The van der Waals surface area contributed by atoms with E-state index < -0.39 is 30.7 Å². The van der Waals surface area contributed by atoms with Crippen LogP contribution in [0.25, 0.3) is 0 Å². The first kappa shape index (κ1) is 32.0. The van der Waals surface area contributed by atoms with Gasteiger partial charge in [-0.2, -0.15) is 0 Å². The molecule has 4 aromatic rings. The monoisotopic (exact) mass is 596 g/mol. The highest BCUT2D eigenvalue weighted by molar-refractivity contribution is 5.16. The molecule has 1 fully saturated rings. The molecule has 0 N–H and O–H groups in total. The first-order chi connectivity index (χ1) is 21.7. The molecule has 0 amide bonds. The van der Waals surface area contributed by atoms with Gasteiger partial charge in [0.2, 0.25) is 0 Å². The molecule has 6 heteroatoms. The fourth-order valence-corrected chi connectivity index (χ4v) is 5.17. The molecule has 0 aromatic heterocycles. The predicted molar refractivity (Wildman–Crippen MR) is 171 cm³/mol. The van der Waals surface area contributed by atoms with Gasteiger partial charge in [-0.3, -0.25) is 0 Å². The van der Waals surface area contributed by atoms with E-state index in [4.69, 9.17) is 28.4 Å². The predicted octanol–water partition coefficient (Wildman–Crippen LogP) is 7.36. The molecule has 0 radical (unpaired) electrons. The molecule has 6 nitrogen and oxygen atoms in total. The van der Waals surface area contributed by atoms with E-state index in [2.05, 4.69) is 62.4 Å². The average molecular weight is 597 g/mol. The second-order valence-corrected chi connectivity index (χ2v) is 11.6.